The van der Waals surface area contributed by atoms with Crippen molar-refractivity contribution in [3.05, 3.63) is 34.3 Å². The fourth-order valence-corrected chi connectivity index (χ4v) is 1.71. The van der Waals surface area contributed by atoms with Gasteiger partial charge in [-0.1, -0.05) is 31.5 Å². The second-order valence-electron chi connectivity index (χ2n) is 4.24. The normalized spacial score (nSPS) is 12.2. The zero-order valence-corrected chi connectivity index (χ0v) is 9.99. The number of aryl methyl sites for hydroxylation is 1. The topological polar surface area (TPSA) is 0 Å². The lowest BCUT2D eigenvalue weighted by Crippen LogP contribution is -2.06. The molecule has 1 aromatic rings. The van der Waals surface area contributed by atoms with Crippen LogP contribution in [0.15, 0.2) is 18.2 Å². The molecule has 0 aliphatic heterocycles. The molecule has 0 radical (unpaired) electrons. The molecule has 0 aliphatic carbocycles. The van der Waals surface area contributed by atoms with Gasteiger partial charge in [-0.25, -0.2) is 0 Å². The lowest BCUT2D eigenvalue weighted by Gasteiger charge is -2.11. The summed E-state index contributed by atoms with van der Waals surface area (Å²) in [4.78, 5) is 0. The summed E-state index contributed by atoms with van der Waals surface area (Å²) < 4.78 is 37.2. The highest BCUT2D eigenvalue weighted by Gasteiger charge is 2.32. The van der Waals surface area contributed by atoms with Gasteiger partial charge in [-0.05, 0) is 36.5 Å². The minimum Gasteiger partial charge on any atom is -0.166 e. The Labute approximate surface area is 98.4 Å². The summed E-state index contributed by atoms with van der Waals surface area (Å²) in [6.07, 6.45) is -2.66. The standard InChI is InChI=1S/C12H14ClF3/c1-8(2)3-4-9-5-6-10(11(13)7-9)12(14,15)16/h5-8H,3-4H2,1-2H3. The molecule has 0 spiro atoms. The van der Waals surface area contributed by atoms with Crippen molar-refractivity contribution in [2.45, 2.75) is 32.9 Å². The highest BCUT2D eigenvalue weighted by molar-refractivity contribution is 6.31. The van der Waals surface area contributed by atoms with E-state index >= 15 is 0 Å². The summed E-state index contributed by atoms with van der Waals surface area (Å²) in [5.41, 5.74) is 0.0918. The molecule has 0 saturated carbocycles. The molecule has 0 amide bonds. The predicted molar refractivity (Wildman–Crippen MR) is 59.6 cm³/mol. The van der Waals surface area contributed by atoms with Gasteiger partial charge >= 0.3 is 6.18 Å². The number of halogens is 4. The van der Waals surface area contributed by atoms with Crippen LogP contribution in [-0.2, 0) is 12.6 Å². The van der Waals surface area contributed by atoms with E-state index in [9.17, 15) is 13.2 Å². The molecule has 0 saturated heterocycles. The molecule has 1 aromatic carbocycles. The summed E-state index contributed by atoms with van der Waals surface area (Å²) in [5, 5.41) is -0.214. The van der Waals surface area contributed by atoms with Crippen LogP contribution in [0.2, 0.25) is 5.02 Å². The molecular formula is C12H14ClF3. The van der Waals surface area contributed by atoms with Crippen molar-refractivity contribution >= 4 is 11.6 Å². The van der Waals surface area contributed by atoms with E-state index < -0.39 is 11.7 Å². The molecule has 0 fully saturated rings. The third-order valence-electron chi connectivity index (χ3n) is 2.35. The fraction of sp³-hybridized carbons (Fsp3) is 0.500. The Bertz CT molecular complexity index is 356. The van der Waals surface area contributed by atoms with Crippen LogP contribution in [0.1, 0.15) is 31.4 Å². The number of alkyl halides is 3. The maximum atomic E-state index is 12.4. The van der Waals surface area contributed by atoms with Crippen molar-refractivity contribution in [1.82, 2.24) is 0 Å². The van der Waals surface area contributed by atoms with Crippen LogP contribution in [-0.4, -0.2) is 0 Å². The van der Waals surface area contributed by atoms with Crippen molar-refractivity contribution < 1.29 is 13.2 Å². The highest BCUT2D eigenvalue weighted by Crippen LogP contribution is 2.35. The van der Waals surface area contributed by atoms with E-state index in [0.29, 0.717) is 5.92 Å². The lowest BCUT2D eigenvalue weighted by molar-refractivity contribution is -0.137. The smallest absolute Gasteiger partial charge is 0.166 e. The summed E-state index contributed by atoms with van der Waals surface area (Å²) in [5.74, 6) is 0.529. The van der Waals surface area contributed by atoms with Crippen LogP contribution in [0, 0.1) is 5.92 Å². The van der Waals surface area contributed by atoms with Crippen molar-refractivity contribution in [2.24, 2.45) is 5.92 Å². The molecule has 0 bridgehead atoms. The van der Waals surface area contributed by atoms with E-state index in [-0.39, 0.29) is 5.02 Å². The zero-order valence-electron chi connectivity index (χ0n) is 9.24. The Morgan fingerprint density at radius 3 is 2.31 bits per heavy atom. The number of hydrogen-bond acceptors (Lipinski definition) is 0. The van der Waals surface area contributed by atoms with E-state index in [0.717, 1.165) is 24.5 Å². The summed E-state index contributed by atoms with van der Waals surface area (Å²) in [6.45, 7) is 4.15. The first kappa shape index (κ1) is 13.4. The Morgan fingerprint density at radius 1 is 1.25 bits per heavy atom. The first-order valence-electron chi connectivity index (χ1n) is 5.16. The van der Waals surface area contributed by atoms with E-state index in [1.165, 1.54) is 12.1 Å². The molecule has 0 nitrogen and oxygen atoms in total. The summed E-state index contributed by atoms with van der Waals surface area (Å²) in [7, 11) is 0. The lowest BCUT2D eigenvalue weighted by atomic mass is 10.0. The number of rotatable bonds is 3. The van der Waals surface area contributed by atoms with Crippen LogP contribution in [0.5, 0.6) is 0 Å². The molecule has 0 atom stereocenters. The first-order valence-corrected chi connectivity index (χ1v) is 5.54. The molecule has 0 N–H and O–H groups in total. The van der Waals surface area contributed by atoms with Gasteiger partial charge in [0.2, 0.25) is 0 Å². The van der Waals surface area contributed by atoms with E-state index in [1.807, 2.05) is 0 Å². The summed E-state index contributed by atoms with van der Waals surface area (Å²) in [6, 6.07) is 3.96. The zero-order chi connectivity index (χ0) is 12.3. The Morgan fingerprint density at radius 2 is 1.88 bits per heavy atom. The third-order valence-corrected chi connectivity index (χ3v) is 2.66. The minimum absolute atomic E-state index is 0.214. The quantitative estimate of drug-likeness (QED) is 0.712. The van der Waals surface area contributed by atoms with Crippen molar-refractivity contribution in [3.8, 4) is 0 Å². The van der Waals surface area contributed by atoms with Crippen LogP contribution in [0.4, 0.5) is 13.2 Å². The second kappa shape index (κ2) is 5.09. The maximum Gasteiger partial charge on any atom is 0.417 e. The molecule has 0 unspecified atom stereocenters. The van der Waals surface area contributed by atoms with Gasteiger partial charge in [-0.2, -0.15) is 13.2 Å². The first-order chi connectivity index (χ1) is 7.30. The average molecular weight is 251 g/mol. The minimum atomic E-state index is -4.37. The second-order valence-corrected chi connectivity index (χ2v) is 4.65. The van der Waals surface area contributed by atoms with Crippen LogP contribution >= 0.6 is 11.6 Å². The maximum absolute atomic E-state index is 12.4. The van der Waals surface area contributed by atoms with Gasteiger partial charge in [0, 0.05) is 0 Å². The largest absolute Gasteiger partial charge is 0.417 e. The average Bonchev–Trinajstić information content (AvgIpc) is 2.12. The van der Waals surface area contributed by atoms with E-state index in [4.69, 9.17) is 11.6 Å². The highest BCUT2D eigenvalue weighted by atomic mass is 35.5. The Kier molecular flexibility index (Phi) is 4.25. The monoisotopic (exact) mass is 250 g/mol. The Balaban J connectivity index is 2.83. The van der Waals surface area contributed by atoms with E-state index in [1.54, 1.807) is 0 Å². The van der Waals surface area contributed by atoms with Crippen molar-refractivity contribution in [3.63, 3.8) is 0 Å². The molecule has 0 aliphatic rings. The van der Waals surface area contributed by atoms with Crippen molar-refractivity contribution in [1.29, 1.82) is 0 Å². The fourth-order valence-electron chi connectivity index (χ4n) is 1.40. The molecule has 4 heteroatoms. The number of benzene rings is 1. The van der Waals surface area contributed by atoms with Gasteiger partial charge in [-0.15, -0.1) is 0 Å². The SMILES string of the molecule is CC(C)CCc1ccc(C(F)(F)F)c(Cl)c1. The van der Waals surface area contributed by atoms with E-state index in [2.05, 4.69) is 13.8 Å². The molecule has 0 aromatic heterocycles. The van der Waals surface area contributed by atoms with Crippen LogP contribution < -0.4 is 0 Å². The molecule has 90 valence electrons. The van der Waals surface area contributed by atoms with Gasteiger partial charge in [0.05, 0.1) is 10.6 Å². The van der Waals surface area contributed by atoms with Gasteiger partial charge in [0.25, 0.3) is 0 Å². The molecule has 0 heterocycles. The number of hydrogen-bond donors (Lipinski definition) is 0. The van der Waals surface area contributed by atoms with Gasteiger partial charge in [0.1, 0.15) is 0 Å². The third kappa shape index (κ3) is 3.71. The van der Waals surface area contributed by atoms with Crippen molar-refractivity contribution in [2.75, 3.05) is 0 Å². The van der Waals surface area contributed by atoms with Gasteiger partial charge in [0.15, 0.2) is 0 Å². The Hall–Kier alpha value is -0.700. The van der Waals surface area contributed by atoms with Crippen LogP contribution in [0.25, 0.3) is 0 Å². The van der Waals surface area contributed by atoms with Gasteiger partial charge in [-0.3, -0.25) is 0 Å². The summed E-state index contributed by atoms with van der Waals surface area (Å²) >= 11 is 5.61. The molecular weight excluding hydrogens is 237 g/mol. The molecule has 16 heavy (non-hydrogen) atoms. The predicted octanol–water partition coefficient (Wildman–Crippen LogP) is 4.95. The van der Waals surface area contributed by atoms with Crippen LogP contribution in [0.3, 0.4) is 0 Å². The molecule has 1 rings (SSSR count). The van der Waals surface area contributed by atoms with Gasteiger partial charge < -0.3 is 0 Å².